The van der Waals surface area contributed by atoms with Crippen LogP contribution in [0.25, 0.3) is 0 Å². The lowest BCUT2D eigenvalue weighted by molar-refractivity contribution is -0.121. The molecule has 2 aromatic rings. The van der Waals surface area contributed by atoms with E-state index in [4.69, 9.17) is 0 Å². The molecule has 0 aliphatic rings. The topological polar surface area (TPSA) is 69.7 Å². The number of carbonyl (C=O) groups excluding carboxylic acids is 1. The molecule has 6 nitrogen and oxygen atoms in total. The highest BCUT2D eigenvalue weighted by molar-refractivity contribution is 7.92. The van der Waals surface area contributed by atoms with Crippen LogP contribution in [0.2, 0.25) is 0 Å². The van der Waals surface area contributed by atoms with E-state index in [1.807, 2.05) is 61.3 Å². The van der Waals surface area contributed by atoms with E-state index in [0.29, 0.717) is 18.8 Å². The summed E-state index contributed by atoms with van der Waals surface area (Å²) in [4.78, 5) is 14.6. The number of sulfonamides is 1. The number of para-hydroxylation sites is 1. The molecular formula is C21H29N3O3S. The monoisotopic (exact) mass is 403 g/mol. The molecular weight excluding hydrogens is 374 g/mol. The summed E-state index contributed by atoms with van der Waals surface area (Å²) in [6, 6.07) is 16.3. The highest BCUT2D eigenvalue weighted by atomic mass is 32.2. The fraction of sp³-hybridized carbons (Fsp3) is 0.381. The first-order valence-electron chi connectivity index (χ1n) is 9.36. The van der Waals surface area contributed by atoms with Crippen LogP contribution in [-0.4, -0.2) is 46.8 Å². The summed E-state index contributed by atoms with van der Waals surface area (Å²) in [5.74, 6) is -0.327. The Morgan fingerprint density at radius 1 is 1.04 bits per heavy atom. The van der Waals surface area contributed by atoms with Crippen molar-refractivity contribution in [3.05, 3.63) is 60.2 Å². The standard InChI is InChI=1S/C21H29N3O3S/c1-5-18-11-13-20(14-12-18)24(28(4,26)27)17(2)21(25)22-15-16-23(3)19-9-7-6-8-10-19/h6-14,17H,5,15-16H2,1-4H3,(H,22,25)/t17-/m0/s1. The molecule has 0 unspecified atom stereocenters. The van der Waals surface area contributed by atoms with E-state index in [1.165, 1.54) is 4.31 Å². The molecule has 2 rings (SSSR count). The van der Waals surface area contributed by atoms with Crippen LogP contribution in [0.3, 0.4) is 0 Å². The highest BCUT2D eigenvalue weighted by Crippen LogP contribution is 2.21. The molecule has 152 valence electrons. The zero-order valence-corrected chi connectivity index (χ0v) is 17.7. The van der Waals surface area contributed by atoms with Crippen LogP contribution in [0.15, 0.2) is 54.6 Å². The van der Waals surface area contributed by atoms with Gasteiger partial charge in [0.1, 0.15) is 6.04 Å². The maximum atomic E-state index is 12.6. The number of nitrogens with one attached hydrogen (secondary N) is 1. The molecule has 0 saturated carbocycles. The molecule has 1 N–H and O–H groups in total. The molecule has 2 aromatic carbocycles. The largest absolute Gasteiger partial charge is 0.373 e. The zero-order valence-electron chi connectivity index (χ0n) is 16.9. The van der Waals surface area contributed by atoms with E-state index in [-0.39, 0.29) is 5.91 Å². The van der Waals surface area contributed by atoms with Gasteiger partial charge in [-0.2, -0.15) is 0 Å². The number of likely N-dealkylation sites (N-methyl/N-ethyl adjacent to an activating group) is 1. The first-order chi connectivity index (χ1) is 13.2. The van der Waals surface area contributed by atoms with Gasteiger partial charge in [0.15, 0.2) is 0 Å². The molecule has 0 aliphatic carbocycles. The van der Waals surface area contributed by atoms with Gasteiger partial charge in [-0.25, -0.2) is 8.42 Å². The predicted octanol–water partition coefficient (Wildman–Crippen LogP) is 2.66. The lowest BCUT2D eigenvalue weighted by Gasteiger charge is -2.28. The second-order valence-corrected chi connectivity index (χ2v) is 8.66. The molecule has 0 heterocycles. The number of carbonyl (C=O) groups is 1. The minimum absolute atomic E-state index is 0.327. The molecule has 0 aromatic heterocycles. The Kier molecular flexibility index (Phi) is 7.45. The maximum absolute atomic E-state index is 12.6. The normalized spacial score (nSPS) is 12.3. The Morgan fingerprint density at radius 3 is 2.18 bits per heavy atom. The number of rotatable bonds is 9. The van der Waals surface area contributed by atoms with Crippen LogP contribution < -0.4 is 14.5 Å². The maximum Gasteiger partial charge on any atom is 0.243 e. The van der Waals surface area contributed by atoms with Gasteiger partial charge in [-0.05, 0) is 43.2 Å². The summed E-state index contributed by atoms with van der Waals surface area (Å²) < 4.78 is 25.8. The van der Waals surface area contributed by atoms with Gasteiger partial charge in [0.2, 0.25) is 15.9 Å². The van der Waals surface area contributed by atoms with Crippen molar-refractivity contribution >= 4 is 27.3 Å². The first kappa shape index (κ1) is 21.8. The number of amides is 1. The Labute approximate surface area is 168 Å². The third kappa shape index (κ3) is 5.73. The van der Waals surface area contributed by atoms with Gasteiger partial charge in [-0.15, -0.1) is 0 Å². The highest BCUT2D eigenvalue weighted by Gasteiger charge is 2.28. The van der Waals surface area contributed by atoms with Crippen LogP contribution in [0, 0.1) is 0 Å². The summed E-state index contributed by atoms with van der Waals surface area (Å²) >= 11 is 0. The van der Waals surface area contributed by atoms with Gasteiger partial charge in [0.05, 0.1) is 11.9 Å². The zero-order chi connectivity index (χ0) is 20.7. The number of anilines is 2. The van der Waals surface area contributed by atoms with Crippen molar-refractivity contribution in [3.8, 4) is 0 Å². The average molecular weight is 404 g/mol. The number of hydrogen-bond donors (Lipinski definition) is 1. The molecule has 0 spiro atoms. The fourth-order valence-corrected chi connectivity index (χ4v) is 4.17. The van der Waals surface area contributed by atoms with Crippen molar-refractivity contribution in [2.75, 3.05) is 35.6 Å². The minimum Gasteiger partial charge on any atom is -0.373 e. The van der Waals surface area contributed by atoms with Gasteiger partial charge >= 0.3 is 0 Å². The molecule has 7 heteroatoms. The smallest absolute Gasteiger partial charge is 0.243 e. The van der Waals surface area contributed by atoms with Crippen LogP contribution in [0.1, 0.15) is 19.4 Å². The number of nitrogens with zero attached hydrogens (tertiary/aromatic N) is 2. The Balaban J connectivity index is 2.03. The van der Waals surface area contributed by atoms with Crippen molar-refractivity contribution in [2.45, 2.75) is 26.3 Å². The van der Waals surface area contributed by atoms with E-state index >= 15 is 0 Å². The number of aryl methyl sites for hydroxylation is 1. The van der Waals surface area contributed by atoms with Gasteiger partial charge in [-0.1, -0.05) is 37.3 Å². The molecule has 0 radical (unpaired) electrons. The SMILES string of the molecule is CCc1ccc(N([C@@H](C)C(=O)NCCN(C)c2ccccc2)S(C)(=O)=O)cc1. The summed E-state index contributed by atoms with van der Waals surface area (Å²) in [6.07, 6.45) is 1.98. The van der Waals surface area contributed by atoms with Crippen LogP contribution in [0.4, 0.5) is 11.4 Å². The predicted molar refractivity (Wildman–Crippen MR) is 115 cm³/mol. The second kappa shape index (κ2) is 9.59. The molecule has 1 amide bonds. The summed E-state index contributed by atoms with van der Waals surface area (Å²) in [5.41, 5.74) is 2.65. The van der Waals surface area contributed by atoms with Crippen LogP contribution in [0.5, 0.6) is 0 Å². The van der Waals surface area contributed by atoms with Gasteiger partial charge in [-0.3, -0.25) is 9.10 Å². The lowest BCUT2D eigenvalue weighted by Crippen LogP contribution is -2.49. The van der Waals surface area contributed by atoms with Crippen molar-refractivity contribution in [1.82, 2.24) is 5.32 Å². The second-order valence-electron chi connectivity index (χ2n) is 6.80. The molecule has 0 saturated heterocycles. The van der Waals surface area contributed by atoms with Crippen molar-refractivity contribution in [2.24, 2.45) is 0 Å². The van der Waals surface area contributed by atoms with E-state index in [0.717, 1.165) is 23.9 Å². The van der Waals surface area contributed by atoms with E-state index in [2.05, 4.69) is 5.32 Å². The van der Waals surface area contributed by atoms with Gasteiger partial charge in [0.25, 0.3) is 0 Å². The Bertz CT molecular complexity index is 868. The van der Waals surface area contributed by atoms with Gasteiger partial charge < -0.3 is 10.2 Å². The van der Waals surface area contributed by atoms with Gasteiger partial charge in [0, 0.05) is 25.8 Å². The van der Waals surface area contributed by atoms with Crippen LogP contribution >= 0.6 is 0 Å². The third-order valence-corrected chi connectivity index (χ3v) is 5.87. The first-order valence-corrected chi connectivity index (χ1v) is 11.2. The Hall–Kier alpha value is -2.54. The Morgan fingerprint density at radius 2 is 1.64 bits per heavy atom. The fourth-order valence-electron chi connectivity index (χ4n) is 2.99. The quantitative estimate of drug-likeness (QED) is 0.699. The van der Waals surface area contributed by atoms with E-state index in [1.54, 1.807) is 19.1 Å². The van der Waals surface area contributed by atoms with E-state index in [9.17, 15) is 13.2 Å². The lowest BCUT2D eigenvalue weighted by atomic mass is 10.1. The number of hydrogen-bond acceptors (Lipinski definition) is 4. The van der Waals surface area contributed by atoms with Crippen LogP contribution in [-0.2, 0) is 21.2 Å². The summed E-state index contributed by atoms with van der Waals surface area (Å²) in [6.45, 7) is 4.67. The summed E-state index contributed by atoms with van der Waals surface area (Å²) in [5, 5.41) is 2.84. The molecule has 0 fully saturated rings. The van der Waals surface area contributed by atoms with Crippen molar-refractivity contribution < 1.29 is 13.2 Å². The number of benzene rings is 2. The average Bonchev–Trinajstić information content (AvgIpc) is 2.68. The van der Waals surface area contributed by atoms with E-state index < -0.39 is 16.1 Å². The molecule has 0 bridgehead atoms. The third-order valence-electron chi connectivity index (χ3n) is 4.63. The molecule has 28 heavy (non-hydrogen) atoms. The molecule has 1 atom stereocenters. The van der Waals surface area contributed by atoms with Crippen molar-refractivity contribution in [3.63, 3.8) is 0 Å². The molecule has 0 aliphatic heterocycles. The summed E-state index contributed by atoms with van der Waals surface area (Å²) in [7, 11) is -1.66. The van der Waals surface area contributed by atoms with Crippen molar-refractivity contribution in [1.29, 1.82) is 0 Å². The minimum atomic E-state index is -3.60.